The summed E-state index contributed by atoms with van der Waals surface area (Å²) < 4.78 is 4.40. The van der Waals surface area contributed by atoms with Gasteiger partial charge in [-0.1, -0.05) is 30.3 Å². The van der Waals surface area contributed by atoms with Crippen LogP contribution in [0.2, 0.25) is 0 Å². The molecule has 0 aliphatic heterocycles. The summed E-state index contributed by atoms with van der Waals surface area (Å²) in [6.45, 7) is 1.20. The number of carbonyl (C=O) groups is 2. The number of hydrogen-bond acceptors (Lipinski definition) is 4. The number of nitrogens with two attached hydrogens (primary N) is 1. The van der Waals surface area contributed by atoms with Crippen LogP contribution in [0.25, 0.3) is 0 Å². The molecule has 4 heteroatoms. The first-order chi connectivity index (χ1) is 7.58. The molecule has 0 aliphatic carbocycles. The Labute approximate surface area is 94.4 Å². The minimum absolute atomic E-state index is 0.0501. The Morgan fingerprint density at radius 3 is 2.50 bits per heavy atom. The lowest BCUT2D eigenvalue weighted by Crippen LogP contribution is -2.27. The van der Waals surface area contributed by atoms with E-state index >= 15 is 0 Å². The first-order valence-electron chi connectivity index (χ1n) is 5.08. The monoisotopic (exact) mass is 221 g/mol. The maximum Gasteiger partial charge on any atom is 0.315 e. The average molecular weight is 221 g/mol. The van der Waals surface area contributed by atoms with Crippen LogP contribution in [0.15, 0.2) is 30.3 Å². The average Bonchev–Trinajstić information content (AvgIpc) is 2.17. The van der Waals surface area contributed by atoms with Crippen molar-refractivity contribution >= 4 is 11.9 Å². The summed E-state index contributed by atoms with van der Waals surface area (Å²) in [7, 11) is 0. The van der Waals surface area contributed by atoms with Crippen molar-refractivity contribution < 1.29 is 14.3 Å². The molecule has 1 atom stereocenters. The van der Waals surface area contributed by atoms with Crippen molar-refractivity contribution in [3.8, 4) is 0 Å². The van der Waals surface area contributed by atoms with E-state index in [0.717, 1.165) is 5.56 Å². The molecule has 0 saturated carbocycles. The van der Waals surface area contributed by atoms with Gasteiger partial charge >= 0.3 is 11.9 Å². The van der Waals surface area contributed by atoms with Gasteiger partial charge in [-0.3, -0.25) is 9.59 Å². The fourth-order valence-corrected chi connectivity index (χ4v) is 1.41. The van der Waals surface area contributed by atoms with E-state index in [1.165, 1.54) is 6.92 Å². The van der Waals surface area contributed by atoms with Crippen LogP contribution in [-0.2, 0) is 20.7 Å². The molecule has 1 unspecified atom stereocenters. The molecular weight excluding hydrogens is 206 g/mol. The molecule has 0 aromatic heterocycles. The van der Waals surface area contributed by atoms with Crippen molar-refractivity contribution in [2.24, 2.45) is 5.73 Å². The summed E-state index contributed by atoms with van der Waals surface area (Å²) in [6.07, 6.45) is 0.641. The molecule has 1 aromatic rings. The highest BCUT2D eigenvalue weighted by Crippen LogP contribution is 2.04. The normalized spacial score (nSPS) is 11.9. The van der Waals surface area contributed by atoms with Crippen molar-refractivity contribution in [1.29, 1.82) is 0 Å². The Morgan fingerprint density at radius 2 is 1.94 bits per heavy atom. The van der Waals surface area contributed by atoms with Crippen molar-refractivity contribution in [3.05, 3.63) is 35.9 Å². The second-order valence-corrected chi connectivity index (χ2v) is 3.62. The van der Waals surface area contributed by atoms with Gasteiger partial charge in [-0.2, -0.15) is 0 Å². The van der Waals surface area contributed by atoms with Gasteiger partial charge in [0.05, 0.1) is 6.42 Å². The van der Waals surface area contributed by atoms with Crippen LogP contribution in [0.5, 0.6) is 0 Å². The number of rotatable bonds is 4. The van der Waals surface area contributed by atoms with Crippen molar-refractivity contribution in [1.82, 2.24) is 0 Å². The lowest BCUT2D eigenvalue weighted by molar-refractivity contribution is -0.158. The second-order valence-electron chi connectivity index (χ2n) is 3.62. The SMILES string of the molecule is CC(=O)OC(=O)CC(N)Cc1ccccc1. The van der Waals surface area contributed by atoms with Crippen LogP contribution in [0, 0.1) is 0 Å². The van der Waals surface area contributed by atoms with E-state index < -0.39 is 11.9 Å². The standard InChI is InChI=1S/C12H15NO3/c1-9(14)16-12(15)8-11(13)7-10-5-3-2-4-6-10/h2-6,11H,7-8,13H2,1H3. The molecule has 0 radical (unpaired) electrons. The van der Waals surface area contributed by atoms with E-state index in [1.807, 2.05) is 30.3 Å². The van der Waals surface area contributed by atoms with Gasteiger partial charge in [0.25, 0.3) is 0 Å². The Bertz CT molecular complexity index is 362. The first-order valence-corrected chi connectivity index (χ1v) is 5.08. The maximum absolute atomic E-state index is 11.1. The maximum atomic E-state index is 11.1. The smallest absolute Gasteiger partial charge is 0.315 e. The van der Waals surface area contributed by atoms with E-state index in [0.29, 0.717) is 6.42 Å². The highest BCUT2D eigenvalue weighted by atomic mass is 16.6. The first kappa shape index (κ1) is 12.4. The van der Waals surface area contributed by atoms with Gasteiger partial charge in [0, 0.05) is 13.0 Å². The second kappa shape index (κ2) is 6.02. The molecular formula is C12H15NO3. The van der Waals surface area contributed by atoms with E-state index in [9.17, 15) is 9.59 Å². The predicted octanol–water partition coefficient (Wildman–Crippen LogP) is 1.04. The minimum atomic E-state index is -0.600. The fourth-order valence-electron chi connectivity index (χ4n) is 1.41. The summed E-state index contributed by atoms with van der Waals surface area (Å²) in [5, 5.41) is 0. The van der Waals surface area contributed by atoms with Gasteiger partial charge in [0.2, 0.25) is 0 Å². The molecule has 0 heterocycles. The number of carbonyl (C=O) groups excluding carboxylic acids is 2. The van der Waals surface area contributed by atoms with E-state index in [4.69, 9.17) is 5.73 Å². The zero-order valence-electron chi connectivity index (χ0n) is 9.18. The predicted molar refractivity (Wildman–Crippen MR) is 59.5 cm³/mol. The van der Waals surface area contributed by atoms with Crippen LogP contribution < -0.4 is 5.73 Å². The fraction of sp³-hybridized carbons (Fsp3) is 0.333. The Hall–Kier alpha value is -1.68. The molecule has 0 spiro atoms. The van der Waals surface area contributed by atoms with Crippen molar-refractivity contribution in [3.63, 3.8) is 0 Å². The lowest BCUT2D eigenvalue weighted by atomic mass is 10.0. The molecule has 0 amide bonds. The number of hydrogen-bond donors (Lipinski definition) is 1. The van der Waals surface area contributed by atoms with Gasteiger partial charge in [0.15, 0.2) is 0 Å². The molecule has 1 aromatic carbocycles. The van der Waals surface area contributed by atoms with Crippen LogP contribution in [0.4, 0.5) is 0 Å². The van der Waals surface area contributed by atoms with Gasteiger partial charge < -0.3 is 10.5 Å². The number of ether oxygens (including phenoxy) is 1. The van der Waals surface area contributed by atoms with Crippen LogP contribution in [0.3, 0.4) is 0 Å². The summed E-state index contributed by atoms with van der Waals surface area (Å²) >= 11 is 0. The summed E-state index contributed by atoms with van der Waals surface area (Å²) in [5.41, 5.74) is 6.83. The number of esters is 2. The molecule has 4 nitrogen and oxygen atoms in total. The molecule has 0 aliphatic rings. The summed E-state index contributed by atoms with van der Waals surface area (Å²) in [6, 6.07) is 9.30. The largest absolute Gasteiger partial charge is 0.393 e. The third-order valence-electron chi connectivity index (χ3n) is 2.03. The molecule has 2 N–H and O–H groups in total. The van der Waals surface area contributed by atoms with Gasteiger partial charge in [-0.15, -0.1) is 0 Å². The zero-order chi connectivity index (χ0) is 12.0. The Balaban J connectivity index is 2.39. The quantitative estimate of drug-likeness (QED) is 0.609. The third kappa shape index (κ3) is 4.70. The van der Waals surface area contributed by atoms with E-state index in [2.05, 4.69) is 4.74 Å². The Kier molecular flexibility index (Phi) is 4.66. The van der Waals surface area contributed by atoms with E-state index in [1.54, 1.807) is 0 Å². The Morgan fingerprint density at radius 1 is 1.31 bits per heavy atom. The molecule has 0 saturated heterocycles. The van der Waals surface area contributed by atoms with Crippen LogP contribution in [0.1, 0.15) is 18.9 Å². The molecule has 16 heavy (non-hydrogen) atoms. The molecule has 0 bridgehead atoms. The summed E-state index contributed by atoms with van der Waals surface area (Å²) in [4.78, 5) is 21.6. The van der Waals surface area contributed by atoms with Crippen LogP contribution in [-0.4, -0.2) is 18.0 Å². The molecule has 1 rings (SSSR count). The number of benzene rings is 1. The highest BCUT2D eigenvalue weighted by molar-refractivity contribution is 5.84. The topological polar surface area (TPSA) is 69.4 Å². The van der Waals surface area contributed by atoms with Gasteiger partial charge in [0.1, 0.15) is 0 Å². The van der Waals surface area contributed by atoms with Gasteiger partial charge in [-0.05, 0) is 12.0 Å². The molecule has 86 valence electrons. The summed E-state index contributed by atoms with van der Waals surface area (Å²) in [5.74, 6) is -1.17. The van der Waals surface area contributed by atoms with Crippen molar-refractivity contribution in [2.45, 2.75) is 25.8 Å². The van der Waals surface area contributed by atoms with Gasteiger partial charge in [-0.25, -0.2) is 0 Å². The van der Waals surface area contributed by atoms with Crippen molar-refractivity contribution in [2.75, 3.05) is 0 Å². The zero-order valence-corrected chi connectivity index (χ0v) is 9.18. The highest BCUT2D eigenvalue weighted by Gasteiger charge is 2.12. The van der Waals surface area contributed by atoms with E-state index in [-0.39, 0.29) is 12.5 Å². The molecule has 0 fully saturated rings. The van der Waals surface area contributed by atoms with Crippen LogP contribution >= 0.6 is 0 Å². The minimum Gasteiger partial charge on any atom is -0.393 e. The lowest BCUT2D eigenvalue weighted by Gasteiger charge is -2.09. The third-order valence-corrected chi connectivity index (χ3v) is 2.03.